The quantitative estimate of drug-likeness (QED) is 0.640. The molecule has 10 heteroatoms. The van der Waals surface area contributed by atoms with Crippen LogP contribution in [0.25, 0.3) is 0 Å². The maximum Gasteiger partial charge on any atom is 0.490 e. The van der Waals surface area contributed by atoms with Gasteiger partial charge in [-0.1, -0.05) is 6.07 Å². The number of carbonyl (C=O) groups excluding carboxylic acids is 1. The molecule has 0 saturated carbocycles. The average Bonchev–Trinajstić information content (AvgIpc) is 3.49. The Morgan fingerprint density at radius 2 is 1.91 bits per heavy atom. The monoisotopic (exact) mass is 483 g/mol. The standard InChI is InChI=1S/C21H27N3OS.C2HF3O2/c1-15-13-17(22-21(25)20-6-4-12-26-20)7-8-19(15)23-11-9-18(14-23)24-10-3-5-16(24)2;3-2(4,5)1(6)7/h4,6-8,12-13,16,18H,3,5,9-11,14H2,1-2H3,(H,22,25);(H,6,7). The summed E-state index contributed by atoms with van der Waals surface area (Å²) in [5.41, 5.74) is 3.39. The van der Waals surface area contributed by atoms with Crippen LogP contribution in [0, 0.1) is 6.92 Å². The third-order valence-corrected chi connectivity index (χ3v) is 6.89. The van der Waals surface area contributed by atoms with Crippen molar-refractivity contribution >= 4 is 34.6 Å². The number of nitrogens with zero attached hydrogens (tertiary/aromatic N) is 2. The zero-order chi connectivity index (χ0) is 24.2. The molecule has 3 heterocycles. The van der Waals surface area contributed by atoms with Crippen molar-refractivity contribution < 1.29 is 27.9 Å². The first-order valence-corrected chi connectivity index (χ1v) is 11.7. The van der Waals surface area contributed by atoms with Gasteiger partial charge in [0.2, 0.25) is 0 Å². The number of carboxylic acids is 1. The number of anilines is 2. The highest BCUT2D eigenvalue weighted by Crippen LogP contribution is 2.31. The molecular weight excluding hydrogens is 455 g/mol. The second-order valence-electron chi connectivity index (χ2n) is 8.35. The van der Waals surface area contributed by atoms with Crippen LogP contribution in [0.15, 0.2) is 35.7 Å². The molecule has 0 bridgehead atoms. The number of likely N-dealkylation sites (tertiary alicyclic amines) is 1. The Bertz CT molecular complexity index is 966. The van der Waals surface area contributed by atoms with Gasteiger partial charge in [-0.2, -0.15) is 13.2 Å². The van der Waals surface area contributed by atoms with Gasteiger partial charge in [0.05, 0.1) is 4.88 Å². The second-order valence-corrected chi connectivity index (χ2v) is 9.30. The van der Waals surface area contributed by atoms with E-state index in [0.29, 0.717) is 6.04 Å². The van der Waals surface area contributed by atoms with Crippen molar-refractivity contribution in [2.24, 2.45) is 0 Å². The lowest BCUT2D eigenvalue weighted by Crippen LogP contribution is -2.39. The Balaban J connectivity index is 0.000000383. The van der Waals surface area contributed by atoms with E-state index in [4.69, 9.17) is 9.90 Å². The number of amides is 1. The normalized spacial score (nSPS) is 20.9. The summed E-state index contributed by atoms with van der Waals surface area (Å²) in [5, 5.41) is 12.1. The van der Waals surface area contributed by atoms with Crippen molar-refractivity contribution in [2.75, 3.05) is 29.9 Å². The molecule has 2 fully saturated rings. The van der Waals surface area contributed by atoms with Gasteiger partial charge in [-0.3, -0.25) is 9.69 Å². The van der Waals surface area contributed by atoms with Crippen molar-refractivity contribution in [1.82, 2.24) is 4.90 Å². The molecule has 2 atom stereocenters. The molecule has 180 valence electrons. The maximum absolute atomic E-state index is 12.2. The molecule has 2 aliphatic heterocycles. The number of benzene rings is 1. The number of rotatable bonds is 4. The molecule has 2 unspecified atom stereocenters. The predicted octanol–water partition coefficient (Wildman–Crippen LogP) is 5.01. The first-order valence-electron chi connectivity index (χ1n) is 10.8. The van der Waals surface area contributed by atoms with E-state index in [1.165, 1.54) is 48.4 Å². The average molecular weight is 484 g/mol. The molecular formula is C23H28F3N3O3S. The molecule has 33 heavy (non-hydrogen) atoms. The van der Waals surface area contributed by atoms with E-state index in [1.54, 1.807) is 0 Å². The summed E-state index contributed by atoms with van der Waals surface area (Å²) < 4.78 is 31.7. The van der Waals surface area contributed by atoms with Gasteiger partial charge in [-0.15, -0.1) is 11.3 Å². The zero-order valence-electron chi connectivity index (χ0n) is 18.6. The Morgan fingerprint density at radius 1 is 1.18 bits per heavy atom. The maximum atomic E-state index is 12.2. The number of hydrogen-bond donors (Lipinski definition) is 2. The summed E-state index contributed by atoms with van der Waals surface area (Å²) in [6, 6.07) is 11.5. The van der Waals surface area contributed by atoms with Gasteiger partial charge in [0.15, 0.2) is 0 Å². The van der Waals surface area contributed by atoms with Gasteiger partial charge >= 0.3 is 12.1 Å². The lowest BCUT2D eigenvalue weighted by atomic mass is 10.1. The van der Waals surface area contributed by atoms with Gasteiger partial charge in [-0.25, -0.2) is 4.79 Å². The molecule has 1 amide bonds. The van der Waals surface area contributed by atoms with Crippen molar-refractivity contribution in [1.29, 1.82) is 0 Å². The van der Waals surface area contributed by atoms with Crippen LogP contribution < -0.4 is 10.2 Å². The topological polar surface area (TPSA) is 72.9 Å². The molecule has 0 aliphatic carbocycles. The summed E-state index contributed by atoms with van der Waals surface area (Å²) >= 11 is 1.47. The minimum absolute atomic E-state index is 0.0311. The number of alkyl halides is 3. The summed E-state index contributed by atoms with van der Waals surface area (Å²) in [5.74, 6) is -2.79. The highest BCUT2D eigenvalue weighted by atomic mass is 32.1. The highest BCUT2D eigenvalue weighted by Gasteiger charge is 2.38. The Kier molecular flexibility index (Phi) is 8.01. The molecule has 1 aromatic carbocycles. The molecule has 2 aliphatic rings. The fraction of sp³-hybridized carbons (Fsp3) is 0.478. The Morgan fingerprint density at radius 3 is 2.45 bits per heavy atom. The summed E-state index contributed by atoms with van der Waals surface area (Å²) in [6.45, 7) is 8.00. The molecule has 2 saturated heterocycles. The largest absolute Gasteiger partial charge is 0.490 e. The number of carboxylic acid groups (broad SMARTS) is 1. The number of hydrogen-bond acceptors (Lipinski definition) is 5. The van der Waals surface area contributed by atoms with Gasteiger partial charge in [0, 0.05) is 36.5 Å². The number of nitrogens with one attached hydrogen (secondary N) is 1. The second kappa shape index (κ2) is 10.6. The number of halogens is 3. The van der Waals surface area contributed by atoms with E-state index in [1.807, 2.05) is 23.6 Å². The first-order chi connectivity index (χ1) is 15.6. The lowest BCUT2D eigenvalue weighted by Gasteiger charge is -2.29. The van der Waals surface area contributed by atoms with E-state index in [2.05, 4.69) is 41.1 Å². The van der Waals surface area contributed by atoms with Gasteiger partial charge in [-0.05, 0) is 74.9 Å². The van der Waals surface area contributed by atoms with Crippen LogP contribution in [-0.4, -0.2) is 59.8 Å². The summed E-state index contributed by atoms with van der Waals surface area (Å²) in [7, 11) is 0. The molecule has 0 spiro atoms. The smallest absolute Gasteiger partial charge is 0.475 e. The first kappa shape index (κ1) is 25.0. The van der Waals surface area contributed by atoms with Crippen LogP contribution in [0.5, 0.6) is 0 Å². The van der Waals surface area contributed by atoms with E-state index in [9.17, 15) is 18.0 Å². The fourth-order valence-corrected chi connectivity index (χ4v) is 5.04. The molecule has 1 aromatic heterocycles. The zero-order valence-corrected chi connectivity index (χ0v) is 19.4. The minimum atomic E-state index is -5.08. The van der Waals surface area contributed by atoms with Crippen LogP contribution >= 0.6 is 11.3 Å². The van der Waals surface area contributed by atoms with Gasteiger partial charge < -0.3 is 15.3 Å². The van der Waals surface area contributed by atoms with Crippen LogP contribution in [-0.2, 0) is 4.79 Å². The summed E-state index contributed by atoms with van der Waals surface area (Å²) in [6.07, 6.45) is -1.15. The Hall–Kier alpha value is -2.59. The number of aliphatic carboxylic acids is 1. The van der Waals surface area contributed by atoms with Gasteiger partial charge in [0.1, 0.15) is 0 Å². The van der Waals surface area contributed by atoms with E-state index >= 15 is 0 Å². The van der Waals surface area contributed by atoms with E-state index in [0.717, 1.165) is 29.7 Å². The number of thiophene rings is 1. The summed E-state index contributed by atoms with van der Waals surface area (Å²) in [4.78, 5) is 27.1. The lowest BCUT2D eigenvalue weighted by molar-refractivity contribution is -0.192. The molecule has 6 nitrogen and oxygen atoms in total. The van der Waals surface area contributed by atoms with Crippen molar-refractivity contribution in [3.05, 3.63) is 46.2 Å². The third-order valence-electron chi connectivity index (χ3n) is 6.02. The van der Waals surface area contributed by atoms with Crippen molar-refractivity contribution in [2.45, 2.75) is 51.4 Å². The molecule has 2 aromatic rings. The fourth-order valence-electron chi connectivity index (χ4n) is 4.42. The van der Waals surface area contributed by atoms with Crippen molar-refractivity contribution in [3.63, 3.8) is 0 Å². The number of carbonyl (C=O) groups is 2. The van der Waals surface area contributed by atoms with E-state index in [-0.39, 0.29) is 5.91 Å². The van der Waals surface area contributed by atoms with Crippen LogP contribution in [0.3, 0.4) is 0 Å². The van der Waals surface area contributed by atoms with Gasteiger partial charge in [0.25, 0.3) is 5.91 Å². The predicted molar refractivity (Wildman–Crippen MR) is 123 cm³/mol. The minimum Gasteiger partial charge on any atom is -0.475 e. The SMILES string of the molecule is Cc1cc(NC(=O)c2cccs2)ccc1N1CCC(N2CCCC2C)C1.O=C(O)C(F)(F)F. The number of aryl methyl sites for hydroxylation is 1. The van der Waals surface area contributed by atoms with Crippen LogP contribution in [0.4, 0.5) is 24.5 Å². The molecule has 0 radical (unpaired) electrons. The third kappa shape index (κ3) is 6.48. The van der Waals surface area contributed by atoms with E-state index < -0.39 is 12.1 Å². The van der Waals surface area contributed by atoms with Crippen LogP contribution in [0.2, 0.25) is 0 Å². The molecule has 4 rings (SSSR count). The Labute approximate surface area is 195 Å². The van der Waals surface area contributed by atoms with Crippen LogP contribution in [0.1, 0.15) is 41.4 Å². The van der Waals surface area contributed by atoms with Crippen molar-refractivity contribution in [3.8, 4) is 0 Å². The molecule has 2 N–H and O–H groups in total. The highest BCUT2D eigenvalue weighted by molar-refractivity contribution is 7.12.